The number of nitrogens with one attached hydrogen (secondary N) is 1. The van der Waals surface area contributed by atoms with E-state index in [0.717, 1.165) is 25.7 Å². The molecule has 1 saturated heterocycles. The molecule has 3 unspecified atom stereocenters. The lowest BCUT2D eigenvalue weighted by Crippen LogP contribution is -2.60. The van der Waals surface area contributed by atoms with Crippen molar-refractivity contribution >= 4 is 17.7 Å². The number of nitrogens with zero attached hydrogens (tertiary/aromatic N) is 2. The molecule has 1 heterocycles. The van der Waals surface area contributed by atoms with E-state index in [1.165, 1.54) is 25.7 Å². The van der Waals surface area contributed by atoms with Gasteiger partial charge in [-0.15, -0.1) is 0 Å². The molecule has 2 aliphatic carbocycles. The minimum absolute atomic E-state index is 0.00569. The third kappa shape index (κ3) is 5.73. The summed E-state index contributed by atoms with van der Waals surface area (Å²) in [5.41, 5.74) is 0. The van der Waals surface area contributed by atoms with Crippen LogP contribution in [0.2, 0.25) is 0 Å². The largest absolute Gasteiger partial charge is 0.344 e. The lowest BCUT2D eigenvalue weighted by atomic mass is 9.96. The first-order valence-corrected chi connectivity index (χ1v) is 11.8. The average Bonchev–Trinajstić information content (AvgIpc) is 3.44. The van der Waals surface area contributed by atoms with Crippen molar-refractivity contribution in [3.63, 3.8) is 0 Å². The summed E-state index contributed by atoms with van der Waals surface area (Å²) in [7, 11) is 0. The summed E-state index contributed by atoms with van der Waals surface area (Å²) in [5.74, 6) is 1.26. The maximum atomic E-state index is 13.3. The molecule has 0 aromatic heterocycles. The molecule has 0 bridgehead atoms. The van der Waals surface area contributed by atoms with Crippen LogP contribution < -0.4 is 5.32 Å². The van der Waals surface area contributed by atoms with Crippen molar-refractivity contribution in [3.8, 4) is 0 Å². The van der Waals surface area contributed by atoms with Crippen LogP contribution in [0.5, 0.6) is 0 Å². The van der Waals surface area contributed by atoms with Gasteiger partial charge in [-0.1, -0.05) is 46.0 Å². The van der Waals surface area contributed by atoms with Gasteiger partial charge >= 0.3 is 0 Å². The Morgan fingerprint density at radius 1 is 1.07 bits per heavy atom. The van der Waals surface area contributed by atoms with Crippen molar-refractivity contribution in [2.75, 3.05) is 19.6 Å². The zero-order chi connectivity index (χ0) is 21.0. The molecule has 3 amide bonds. The van der Waals surface area contributed by atoms with Gasteiger partial charge < -0.3 is 15.1 Å². The van der Waals surface area contributed by atoms with Gasteiger partial charge in [0.15, 0.2) is 0 Å². The molecule has 6 heteroatoms. The molecule has 3 atom stereocenters. The Kier molecular flexibility index (Phi) is 7.58. The molecular weight excluding hydrogens is 366 g/mol. The Labute approximate surface area is 175 Å². The molecule has 3 fully saturated rings. The summed E-state index contributed by atoms with van der Waals surface area (Å²) in [4.78, 5) is 42.1. The van der Waals surface area contributed by atoms with Crippen molar-refractivity contribution in [1.29, 1.82) is 0 Å². The molecular formula is C23H39N3O3. The van der Waals surface area contributed by atoms with Gasteiger partial charge in [0.25, 0.3) is 0 Å². The number of rotatable bonds is 8. The van der Waals surface area contributed by atoms with Crippen molar-refractivity contribution in [2.45, 2.75) is 90.6 Å². The normalized spacial score (nSPS) is 25.0. The van der Waals surface area contributed by atoms with Gasteiger partial charge in [0.05, 0.1) is 0 Å². The van der Waals surface area contributed by atoms with Crippen LogP contribution >= 0.6 is 0 Å². The maximum absolute atomic E-state index is 13.3. The summed E-state index contributed by atoms with van der Waals surface area (Å²) < 4.78 is 0. The van der Waals surface area contributed by atoms with E-state index in [-0.39, 0.29) is 35.6 Å². The number of carbonyl (C=O) groups is 3. The predicted octanol–water partition coefficient (Wildman–Crippen LogP) is 2.96. The number of piperazine rings is 1. The first kappa shape index (κ1) is 22.1. The van der Waals surface area contributed by atoms with Gasteiger partial charge in [0.1, 0.15) is 6.04 Å². The van der Waals surface area contributed by atoms with Crippen molar-refractivity contribution < 1.29 is 14.4 Å². The van der Waals surface area contributed by atoms with E-state index in [1.807, 2.05) is 23.6 Å². The molecule has 6 nitrogen and oxygen atoms in total. The van der Waals surface area contributed by atoms with Crippen LogP contribution in [-0.2, 0) is 14.4 Å². The molecule has 29 heavy (non-hydrogen) atoms. The second-order valence-corrected chi connectivity index (χ2v) is 9.56. The van der Waals surface area contributed by atoms with Gasteiger partial charge in [-0.25, -0.2) is 0 Å². The highest BCUT2D eigenvalue weighted by Gasteiger charge is 2.39. The van der Waals surface area contributed by atoms with Gasteiger partial charge in [-0.2, -0.15) is 0 Å². The number of carbonyl (C=O) groups excluding carboxylic acids is 3. The number of amides is 3. The Bertz CT molecular complexity index is 598. The van der Waals surface area contributed by atoms with E-state index >= 15 is 0 Å². The molecule has 164 valence electrons. The highest BCUT2D eigenvalue weighted by Crippen LogP contribution is 2.32. The Balaban J connectivity index is 1.54. The monoisotopic (exact) mass is 405 g/mol. The molecule has 2 saturated carbocycles. The van der Waals surface area contributed by atoms with Gasteiger partial charge in [-0.05, 0) is 38.0 Å². The lowest BCUT2D eigenvalue weighted by molar-refractivity contribution is -0.146. The molecule has 0 aromatic carbocycles. The highest BCUT2D eigenvalue weighted by molar-refractivity contribution is 5.88. The molecule has 0 aromatic rings. The minimum atomic E-state index is -0.464. The van der Waals surface area contributed by atoms with Gasteiger partial charge in [0.2, 0.25) is 17.7 Å². The first-order chi connectivity index (χ1) is 13.9. The van der Waals surface area contributed by atoms with Gasteiger partial charge in [0, 0.05) is 38.0 Å². The average molecular weight is 406 g/mol. The third-order valence-corrected chi connectivity index (χ3v) is 7.20. The van der Waals surface area contributed by atoms with Crippen molar-refractivity contribution in [2.24, 2.45) is 17.8 Å². The fourth-order valence-corrected chi connectivity index (χ4v) is 4.81. The third-order valence-electron chi connectivity index (χ3n) is 7.20. The van der Waals surface area contributed by atoms with E-state index in [1.54, 1.807) is 0 Å². The predicted molar refractivity (Wildman–Crippen MR) is 113 cm³/mol. The van der Waals surface area contributed by atoms with Crippen LogP contribution in [0.4, 0.5) is 0 Å². The zero-order valence-electron chi connectivity index (χ0n) is 18.5. The van der Waals surface area contributed by atoms with Crippen LogP contribution in [0.3, 0.4) is 0 Å². The van der Waals surface area contributed by atoms with Crippen molar-refractivity contribution in [3.05, 3.63) is 0 Å². The second-order valence-electron chi connectivity index (χ2n) is 9.56. The Hall–Kier alpha value is -1.59. The summed E-state index contributed by atoms with van der Waals surface area (Å²) in [5, 5.41) is 3.06. The summed E-state index contributed by atoms with van der Waals surface area (Å²) in [6, 6.07) is -0.426. The SMILES string of the molecule is CCC(C)C(NC(=O)CCC1CCCC1)C(=O)N1CCN(C(=O)C2CC2)C(C)C1. The van der Waals surface area contributed by atoms with E-state index in [2.05, 4.69) is 12.2 Å². The quantitative estimate of drug-likeness (QED) is 0.675. The molecule has 1 N–H and O–H groups in total. The van der Waals surface area contributed by atoms with Crippen molar-refractivity contribution in [1.82, 2.24) is 15.1 Å². The van der Waals surface area contributed by atoms with E-state index in [0.29, 0.717) is 32.0 Å². The number of hydrogen-bond donors (Lipinski definition) is 1. The zero-order valence-corrected chi connectivity index (χ0v) is 18.5. The summed E-state index contributed by atoms with van der Waals surface area (Å²) in [6.07, 6.45) is 9.36. The smallest absolute Gasteiger partial charge is 0.245 e. The fourth-order valence-electron chi connectivity index (χ4n) is 4.81. The van der Waals surface area contributed by atoms with E-state index in [9.17, 15) is 14.4 Å². The minimum Gasteiger partial charge on any atom is -0.344 e. The fraction of sp³-hybridized carbons (Fsp3) is 0.870. The maximum Gasteiger partial charge on any atom is 0.245 e. The molecule has 3 rings (SSSR count). The first-order valence-electron chi connectivity index (χ1n) is 11.8. The van der Waals surface area contributed by atoms with Gasteiger partial charge in [-0.3, -0.25) is 14.4 Å². The van der Waals surface area contributed by atoms with E-state index < -0.39 is 6.04 Å². The second kappa shape index (κ2) is 9.94. The van der Waals surface area contributed by atoms with Crippen LogP contribution in [0, 0.1) is 17.8 Å². The molecule has 3 aliphatic rings. The number of hydrogen-bond acceptors (Lipinski definition) is 3. The van der Waals surface area contributed by atoms with Crippen LogP contribution in [0.15, 0.2) is 0 Å². The standard InChI is InChI=1S/C23H39N3O3/c1-4-16(2)21(24-20(27)12-9-18-7-5-6-8-18)23(29)25-13-14-26(17(3)15-25)22(28)19-10-11-19/h16-19,21H,4-15H2,1-3H3,(H,24,27). The lowest BCUT2D eigenvalue weighted by Gasteiger charge is -2.41. The Morgan fingerprint density at radius 2 is 1.76 bits per heavy atom. The van der Waals surface area contributed by atoms with Crippen LogP contribution in [0.25, 0.3) is 0 Å². The van der Waals surface area contributed by atoms with Crippen LogP contribution in [-0.4, -0.2) is 59.2 Å². The molecule has 1 aliphatic heterocycles. The Morgan fingerprint density at radius 3 is 2.34 bits per heavy atom. The topological polar surface area (TPSA) is 69.7 Å². The van der Waals surface area contributed by atoms with E-state index in [4.69, 9.17) is 0 Å². The highest BCUT2D eigenvalue weighted by atomic mass is 16.2. The summed E-state index contributed by atoms with van der Waals surface area (Å²) in [6.45, 7) is 7.85. The summed E-state index contributed by atoms with van der Waals surface area (Å²) >= 11 is 0. The molecule has 0 radical (unpaired) electrons. The van der Waals surface area contributed by atoms with Crippen LogP contribution in [0.1, 0.15) is 78.6 Å². The molecule has 0 spiro atoms.